The van der Waals surface area contributed by atoms with Gasteiger partial charge in [0, 0.05) is 13.1 Å². The molecule has 0 aromatic heterocycles. The first-order valence-corrected chi connectivity index (χ1v) is 6.06. The maximum absolute atomic E-state index is 11.8. The molecular weight excluding hydrogens is 272 g/mol. The Morgan fingerprint density at radius 1 is 1.50 bits per heavy atom. The number of carboxylic acid groups (broad SMARTS) is 1. The Labute approximate surface area is 115 Å². The van der Waals surface area contributed by atoms with Crippen molar-refractivity contribution >= 4 is 18.0 Å². The van der Waals surface area contributed by atoms with Crippen LogP contribution in [0.4, 0.5) is 4.79 Å². The van der Waals surface area contributed by atoms with Crippen LogP contribution in [0.15, 0.2) is 0 Å². The van der Waals surface area contributed by atoms with Crippen LogP contribution in [0.2, 0.25) is 0 Å². The number of hydrogen-bond donors (Lipinski definition) is 3. The maximum Gasteiger partial charge on any atom is 0.334 e. The van der Waals surface area contributed by atoms with E-state index in [9.17, 15) is 14.4 Å². The van der Waals surface area contributed by atoms with E-state index in [4.69, 9.17) is 14.9 Å². The number of urea groups is 1. The molecule has 2 amide bonds. The predicted molar refractivity (Wildman–Crippen MR) is 65.0 cm³/mol. The zero-order valence-corrected chi connectivity index (χ0v) is 11.1. The van der Waals surface area contributed by atoms with E-state index in [1.165, 1.54) is 12.0 Å². The molecule has 20 heavy (non-hydrogen) atoms. The van der Waals surface area contributed by atoms with Crippen LogP contribution in [0, 0.1) is 0 Å². The largest absolute Gasteiger partial charge is 0.479 e. The third-order valence-electron chi connectivity index (χ3n) is 2.78. The first-order chi connectivity index (χ1) is 9.43. The second-order valence-electron chi connectivity index (χ2n) is 4.26. The number of carbonyl (C=O) groups excluding carboxylic acids is 2. The van der Waals surface area contributed by atoms with Crippen molar-refractivity contribution in [2.75, 3.05) is 33.4 Å². The van der Waals surface area contributed by atoms with Crippen molar-refractivity contribution in [3.8, 4) is 0 Å². The number of aliphatic carboxylic acids is 1. The van der Waals surface area contributed by atoms with Gasteiger partial charge < -0.3 is 29.9 Å². The topological polar surface area (TPSA) is 125 Å². The predicted octanol–water partition coefficient (Wildman–Crippen LogP) is -1.59. The molecule has 1 aliphatic heterocycles. The molecule has 1 fully saturated rings. The summed E-state index contributed by atoms with van der Waals surface area (Å²) in [6.45, 7) is 0.417. The monoisotopic (exact) mass is 290 g/mol. The van der Waals surface area contributed by atoms with Crippen molar-refractivity contribution in [1.29, 1.82) is 0 Å². The minimum absolute atomic E-state index is 0.0397. The van der Waals surface area contributed by atoms with Crippen molar-refractivity contribution in [1.82, 2.24) is 10.2 Å². The van der Waals surface area contributed by atoms with Gasteiger partial charge in [-0.3, -0.25) is 4.79 Å². The lowest BCUT2D eigenvalue weighted by molar-refractivity contribution is -0.147. The number of nitrogens with zero attached hydrogens (tertiary/aromatic N) is 1. The van der Waals surface area contributed by atoms with Gasteiger partial charge in [-0.15, -0.1) is 0 Å². The van der Waals surface area contributed by atoms with Crippen LogP contribution in [-0.2, 0) is 19.1 Å². The number of methoxy groups -OCH3 is 1. The summed E-state index contributed by atoms with van der Waals surface area (Å²) in [6.07, 6.45) is -2.06. The molecule has 1 heterocycles. The molecule has 1 saturated heterocycles. The fourth-order valence-electron chi connectivity index (χ4n) is 1.68. The third-order valence-corrected chi connectivity index (χ3v) is 2.78. The number of amides is 2. The molecule has 0 radical (unpaired) electrons. The highest BCUT2D eigenvalue weighted by atomic mass is 16.5. The van der Waals surface area contributed by atoms with E-state index in [1.54, 1.807) is 0 Å². The van der Waals surface area contributed by atoms with Gasteiger partial charge in [-0.2, -0.15) is 0 Å². The molecule has 114 valence electrons. The number of ether oxygens (including phenoxy) is 2. The zero-order chi connectivity index (χ0) is 15.1. The molecule has 1 rings (SSSR count). The third kappa shape index (κ3) is 5.02. The number of esters is 1. The van der Waals surface area contributed by atoms with Gasteiger partial charge in [0.25, 0.3) is 0 Å². The number of hydrogen-bond acceptors (Lipinski definition) is 6. The van der Waals surface area contributed by atoms with Crippen molar-refractivity contribution < 1.29 is 34.1 Å². The Balaban J connectivity index is 2.40. The molecule has 0 saturated carbocycles. The van der Waals surface area contributed by atoms with E-state index in [-0.39, 0.29) is 26.1 Å². The average Bonchev–Trinajstić information content (AvgIpc) is 2.44. The summed E-state index contributed by atoms with van der Waals surface area (Å²) < 4.78 is 9.85. The number of carboxylic acids is 1. The highest BCUT2D eigenvalue weighted by Crippen LogP contribution is 2.09. The summed E-state index contributed by atoms with van der Waals surface area (Å²) in [7, 11) is 1.27. The van der Waals surface area contributed by atoms with Gasteiger partial charge >= 0.3 is 18.0 Å². The van der Waals surface area contributed by atoms with Gasteiger partial charge in [0.2, 0.25) is 0 Å². The molecule has 0 aromatic rings. The van der Waals surface area contributed by atoms with Crippen molar-refractivity contribution in [3.05, 3.63) is 0 Å². The molecule has 9 nitrogen and oxygen atoms in total. The molecule has 0 spiro atoms. The standard InChI is InChI=1S/C11H18N2O7/c1-19-9(15)4-7-6-13(2-3-20-7)11(18)12-5-8(14)10(16)17/h7-8,14H,2-6H2,1H3,(H,12,18)(H,16,17). The summed E-state index contributed by atoms with van der Waals surface area (Å²) in [5.74, 6) is -1.84. The molecule has 1 aliphatic rings. The number of morpholine rings is 1. The van der Waals surface area contributed by atoms with E-state index in [0.717, 1.165) is 0 Å². The quantitative estimate of drug-likeness (QED) is 0.521. The normalized spacial score (nSPS) is 20.1. The van der Waals surface area contributed by atoms with Crippen LogP contribution >= 0.6 is 0 Å². The molecule has 3 N–H and O–H groups in total. The fourth-order valence-corrected chi connectivity index (χ4v) is 1.68. The summed E-state index contributed by atoms with van der Waals surface area (Å²) in [6, 6.07) is -0.511. The number of aliphatic hydroxyl groups excluding tert-OH is 1. The first kappa shape index (κ1) is 16.2. The summed E-state index contributed by atoms with van der Waals surface area (Å²) >= 11 is 0. The second-order valence-corrected chi connectivity index (χ2v) is 4.26. The van der Waals surface area contributed by atoms with Crippen LogP contribution in [-0.4, -0.2) is 78.6 Å². The molecule has 0 aromatic carbocycles. The summed E-state index contributed by atoms with van der Waals surface area (Å²) in [5.41, 5.74) is 0. The van der Waals surface area contributed by atoms with E-state index < -0.39 is 30.2 Å². The van der Waals surface area contributed by atoms with Crippen molar-refractivity contribution in [2.45, 2.75) is 18.6 Å². The maximum atomic E-state index is 11.8. The van der Waals surface area contributed by atoms with Gasteiger partial charge in [-0.05, 0) is 0 Å². The molecule has 2 atom stereocenters. The summed E-state index contributed by atoms with van der Waals surface area (Å²) in [4.78, 5) is 34.7. The highest BCUT2D eigenvalue weighted by Gasteiger charge is 2.26. The lowest BCUT2D eigenvalue weighted by Crippen LogP contribution is -2.51. The minimum atomic E-state index is -1.65. The second kappa shape index (κ2) is 7.65. The number of carbonyl (C=O) groups is 3. The minimum Gasteiger partial charge on any atom is -0.479 e. The Bertz CT molecular complexity index is 374. The lowest BCUT2D eigenvalue weighted by atomic mass is 10.2. The zero-order valence-electron chi connectivity index (χ0n) is 11.1. The Morgan fingerprint density at radius 3 is 2.80 bits per heavy atom. The first-order valence-electron chi connectivity index (χ1n) is 6.06. The van der Waals surface area contributed by atoms with Gasteiger partial charge in [0.05, 0.1) is 32.8 Å². The van der Waals surface area contributed by atoms with Crippen LogP contribution in [0.25, 0.3) is 0 Å². The lowest BCUT2D eigenvalue weighted by Gasteiger charge is -2.32. The van der Waals surface area contributed by atoms with E-state index >= 15 is 0 Å². The number of nitrogens with one attached hydrogen (secondary N) is 1. The van der Waals surface area contributed by atoms with Crippen molar-refractivity contribution in [3.63, 3.8) is 0 Å². The number of aliphatic hydroxyl groups is 1. The Hall–Kier alpha value is -1.87. The van der Waals surface area contributed by atoms with Crippen molar-refractivity contribution in [2.24, 2.45) is 0 Å². The van der Waals surface area contributed by atoms with Gasteiger partial charge in [-0.25, -0.2) is 9.59 Å². The molecule has 0 aliphatic carbocycles. The Morgan fingerprint density at radius 2 is 2.20 bits per heavy atom. The van der Waals surface area contributed by atoms with E-state index in [1.807, 2.05) is 0 Å². The highest BCUT2D eigenvalue weighted by molar-refractivity contribution is 5.77. The molecule has 0 bridgehead atoms. The van der Waals surface area contributed by atoms with Crippen LogP contribution < -0.4 is 5.32 Å². The van der Waals surface area contributed by atoms with E-state index in [2.05, 4.69) is 10.1 Å². The van der Waals surface area contributed by atoms with Crippen LogP contribution in [0.1, 0.15) is 6.42 Å². The van der Waals surface area contributed by atoms with Crippen LogP contribution in [0.5, 0.6) is 0 Å². The number of rotatable bonds is 5. The molecular formula is C11H18N2O7. The van der Waals surface area contributed by atoms with Crippen LogP contribution in [0.3, 0.4) is 0 Å². The van der Waals surface area contributed by atoms with Gasteiger partial charge in [0.15, 0.2) is 6.10 Å². The average molecular weight is 290 g/mol. The van der Waals surface area contributed by atoms with E-state index in [0.29, 0.717) is 6.54 Å². The Kier molecular flexibility index (Phi) is 6.19. The SMILES string of the molecule is COC(=O)CC1CN(C(=O)NCC(O)C(=O)O)CCO1. The molecule has 2 unspecified atom stereocenters. The smallest absolute Gasteiger partial charge is 0.334 e. The summed E-state index contributed by atoms with van der Waals surface area (Å²) in [5, 5.41) is 19.9. The van der Waals surface area contributed by atoms with Gasteiger partial charge in [0.1, 0.15) is 0 Å². The fraction of sp³-hybridized carbons (Fsp3) is 0.727. The molecule has 9 heteroatoms. The van der Waals surface area contributed by atoms with Gasteiger partial charge in [-0.1, -0.05) is 0 Å².